The minimum absolute atomic E-state index is 0.197. The van der Waals surface area contributed by atoms with Crippen molar-refractivity contribution in [1.29, 1.82) is 0 Å². The van der Waals surface area contributed by atoms with Crippen LogP contribution in [0.15, 0.2) is 52.2 Å². The normalized spacial score (nSPS) is 13.8. The Hall–Kier alpha value is -3.26. The molecule has 0 spiro atoms. The summed E-state index contributed by atoms with van der Waals surface area (Å²) in [6.45, 7) is 5.31. The second kappa shape index (κ2) is 9.26. The molecule has 1 aliphatic heterocycles. The molecule has 0 radical (unpaired) electrons. The number of aryl methyl sites for hydroxylation is 1. The highest BCUT2D eigenvalue weighted by Crippen LogP contribution is 2.18. The van der Waals surface area contributed by atoms with Gasteiger partial charge in [0.15, 0.2) is 5.65 Å². The van der Waals surface area contributed by atoms with Crippen molar-refractivity contribution < 1.29 is 4.79 Å². The molecule has 0 aliphatic carbocycles. The van der Waals surface area contributed by atoms with Gasteiger partial charge in [-0.2, -0.15) is 0 Å². The molecule has 2 aromatic heterocycles. The van der Waals surface area contributed by atoms with E-state index in [2.05, 4.69) is 39.5 Å². The molecule has 0 saturated heterocycles. The molecule has 0 saturated carbocycles. The van der Waals surface area contributed by atoms with Crippen molar-refractivity contribution in [3.05, 3.63) is 74.4 Å². The summed E-state index contributed by atoms with van der Waals surface area (Å²) in [6.07, 6.45) is 3.44. The van der Waals surface area contributed by atoms with Crippen molar-refractivity contribution in [1.82, 2.24) is 24.3 Å². The first-order valence-electron chi connectivity index (χ1n) is 10.7. The number of carbonyl (C=O) groups excluding carboxylic acids is 1. The van der Waals surface area contributed by atoms with E-state index >= 15 is 0 Å². The minimum Gasteiger partial charge on any atom is -0.355 e. The van der Waals surface area contributed by atoms with Crippen LogP contribution in [0.4, 0.5) is 0 Å². The second-order valence-corrected chi connectivity index (χ2v) is 7.79. The van der Waals surface area contributed by atoms with Gasteiger partial charge in [0, 0.05) is 38.9 Å². The smallest absolute Gasteiger partial charge is 0.318 e. The van der Waals surface area contributed by atoms with Gasteiger partial charge in [-0.1, -0.05) is 24.3 Å². The number of benzene rings is 1. The van der Waals surface area contributed by atoms with E-state index in [0.29, 0.717) is 24.3 Å². The van der Waals surface area contributed by atoms with Crippen molar-refractivity contribution in [2.24, 2.45) is 0 Å². The highest BCUT2D eigenvalue weighted by molar-refractivity contribution is 5.78. The van der Waals surface area contributed by atoms with E-state index in [1.807, 2.05) is 0 Å². The van der Waals surface area contributed by atoms with Gasteiger partial charge in [0.05, 0.1) is 5.52 Å². The lowest BCUT2D eigenvalue weighted by Crippen LogP contribution is -2.44. The largest absolute Gasteiger partial charge is 0.355 e. The van der Waals surface area contributed by atoms with Crippen LogP contribution in [-0.4, -0.2) is 44.6 Å². The van der Waals surface area contributed by atoms with E-state index in [-0.39, 0.29) is 12.5 Å². The van der Waals surface area contributed by atoms with Crippen LogP contribution in [0.1, 0.15) is 24.5 Å². The van der Waals surface area contributed by atoms with Crippen LogP contribution in [-0.2, 0) is 30.8 Å². The van der Waals surface area contributed by atoms with E-state index in [0.717, 1.165) is 32.5 Å². The predicted molar refractivity (Wildman–Crippen MR) is 119 cm³/mol. The molecule has 1 aliphatic rings. The highest BCUT2D eigenvalue weighted by Gasteiger charge is 2.16. The molecule has 1 aromatic carbocycles. The Bertz CT molecular complexity index is 1210. The number of nitrogens with one attached hydrogen (secondary N) is 1. The summed E-state index contributed by atoms with van der Waals surface area (Å²) in [5, 5.41) is 2.88. The monoisotopic (exact) mass is 421 g/mol. The number of pyridine rings is 1. The number of aromatic nitrogens is 3. The summed E-state index contributed by atoms with van der Waals surface area (Å²) in [7, 11) is 0. The van der Waals surface area contributed by atoms with Crippen LogP contribution in [0.3, 0.4) is 0 Å². The van der Waals surface area contributed by atoms with Gasteiger partial charge in [-0.3, -0.25) is 28.4 Å². The van der Waals surface area contributed by atoms with Gasteiger partial charge in [0.2, 0.25) is 5.91 Å². The Morgan fingerprint density at radius 1 is 1.06 bits per heavy atom. The Morgan fingerprint density at radius 2 is 1.84 bits per heavy atom. The fourth-order valence-corrected chi connectivity index (χ4v) is 4.17. The van der Waals surface area contributed by atoms with Crippen molar-refractivity contribution >= 4 is 17.1 Å². The van der Waals surface area contributed by atoms with E-state index in [9.17, 15) is 14.4 Å². The molecule has 8 nitrogen and oxygen atoms in total. The number of hydrogen-bond acceptors (Lipinski definition) is 5. The number of rotatable bonds is 7. The Labute approximate surface area is 180 Å². The molecular weight excluding hydrogens is 394 g/mol. The van der Waals surface area contributed by atoms with Crippen LogP contribution in [0.2, 0.25) is 0 Å². The SMILES string of the molecule is CCn1c(=O)c(=O)n(CC(=O)NCCCN2CCc3ccccc3C2)c2cccnc21. The molecule has 0 atom stereocenters. The third-order valence-electron chi connectivity index (χ3n) is 5.79. The molecule has 3 heterocycles. The fourth-order valence-electron chi connectivity index (χ4n) is 4.17. The average molecular weight is 422 g/mol. The highest BCUT2D eigenvalue weighted by atomic mass is 16.2. The molecule has 4 rings (SSSR count). The molecule has 3 aromatic rings. The standard InChI is InChI=1S/C23H27N5O3/c1-2-27-21-19(9-5-11-25-21)28(23(31)22(27)30)16-20(29)24-12-6-13-26-14-10-17-7-3-4-8-18(17)15-26/h3-5,7-9,11H,2,6,10,12-16H2,1H3,(H,24,29). The first kappa shape index (κ1) is 21.0. The van der Waals surface area contributed by atoms with Crippen molar-refractivity contribution in [3.63, 3.8) is 0 Å². The summed E-state index contributed by atoms with van der Waals surface area (Å²) in [5.74, 6) is -0.287. The number of hydrogen-bond donors (Lipinski definition) is 1. The zero-order valence-electron chi connectivity index (χ0n) is 17.7. The van der Waals surface area contributed by atoms with Gasteiger partial charge in [0.1, 0.15) is 6.54 Å². The molecular formula is C23H27N5O3. The third kappa shape index (κ3) is 4.44. The number of fused-ring (bicyclic) bond motifs is 2. The lowest BCUT2D eigenvalue weighted by atomic mass is 10.00. The minimum atomic E-state index is -0.704. The third-order valence-corrected chi connectivity index (χ3v) is 5.79. The molecule has 1 N–H and O–H groups in total. The maximum atomic E-state index is 12.6. The van der Waals surface area contributed by atoms with Crippen LogP contribution in [0, 0.1) is 0 Å². The molecule has 0 unspecified atom stereocenters. The number of amides is 1. The van der Waals surface area contributed by atoms with E-state index in [1.165, 1.54) is 20.3 Å². The molecule has 8 heteroatoms. The van der Waals surface area contributed by atoms with Crippen molar-refractivity contribution in [3.8, 4) is 0 Å². The second-order valence-electron chi connectivity index (χ2n) is 7.79. The lowest BCUT2D eigenvalue weighted by molar-refractivity contribution is -0.121. The topological polar surface area (TPSA) is 89.2 Å². The van der Waals surface area contributed by atoms with E-state index < -0.39 is 11.1 Å². The van der Waals surface area contributed by atoms with Gasteiger partial charge in [-0.25, -0.2) is 4.98 Å². The maximum Gasteiger partial charge on any atom is 0.318 e. The molecule has 0 fully saturated rings. The lowest BCUT2D eigenvalue weighted by Gasteiger charge is -2.28. The molecule has 0 bridgehead atoms. The first-order valence-corrected chi connectivity index (χ1v) is 10.7. The van der Waals surface area contributed by atoms with Crippen molar-refractivity contribution in [2.75, 3.05) is 19.6 Å². The van der Waals surface area contributed by atoms with Crippen LogP contribution in [0.5, 0.6) is 0 Å². The van der Waals surface area contributed by atoms with Crippen LogP contribution >= 0.6 is 0 Å². The predicted octanol–water partition coefficient (Wildman–Crippen LogP) is 1.14. The summed E-state index contributed by atoms with van der Waals surface area (Å²) < 4.78 is 2.55. The van der Waals surface area contributed by atoms with Gasteiger partial charge in [-0.05, 0) is 43.0 Å². The van der Waals surface area contributed by atoms with Crippen LogP contribution in [0.25, 0.3) is 11.2 Å². The van der Waals surface area contributed by atoms with E-state index in [4.69, 9.17) is 0 Å². The maximum absolute atomic E-state index is 12.6. The number of carbonyl (C=O) groups is 1. The fraction of sp³-hybridized carbons (Fsp3) is 0.391. The summed E-state index contributed by atoms with van der Waals surface area (Å²) in [5.41, 5.74) is 2.32. The zero-order valence-corrected chi connectivity index (χ0v) is 17.7. The quantitative estimate of drug-likeness (QED) is 0.457. The van der Waals surface area contributed by atoms with Gasteiger partial charge in [0.25, 0.3) is 0 Å². The summed E-state index contributed by atoms with van der Waals surface area (Å²) >= 11 is 0. The summed E-state index contributed by atoms with van der Waals surface area (Å²) in [4.78, 5) is 44.0. The molecule has 1 amide bonds. The van der Waals surface area contributed by atoms with Crippen molar-refractivity contribution in [2.45, 2.75) is 39.4 Å². The zero-order chi connectivity index (χ0) is 21.8. The molecule has 162 valence electrons. The van der Waals surface area contributed by atoms with E-state index in [1.54, 1.807) is 25.3 Å². The Kier molecular flexibility index (Phi) is 6.27. The Balaban J connectivity index is 1.35. The Morgan fingerprint density at radius 3 is 2.65 bits per heavy atom. The van der Waals surface area contributed by atoms with Crippen LogP contribution < -0.4 is 16.4 Å². The number of nitrogens with zero attached hydrogens (tertiary/aromatic N) is 4. The van der Waals surface area contributed by atoms with Gasteiger partial charge < -0.3 is 5.32 Å². The molecule has 31 heavy (non-hydrogen) atoms. The first-order chi connectivity index (χ1) is 15.1. The average Bonchev–Trinajstić information content (AvgIpc) is 2.80. The summed E-state index contributed by atoms with van der Waals surface area (Å²) in [6, 6.07) is 11.9. The van der Waals surface area contributed by atoms with Gasteiger partial charge >= 0.3 is 11.1 Å². The van der Waals surface area contributed by atoms with Gasteiger partial charge in [-0.15, -0.1) is 0 Å².